The minimum Gasteiger partial charge on any atom is -0.506 e. The van der Waals surface area contributed by atoms with E-state index in [4.69, 9.17) is 11.0 Å². The van der Waals surface area contributed by atoms with Crippen LogP contribution in [0.4, 0.5) is 11.8 Å². The molecule has 0 unspecified atom stereocenters. The van der Waals surface area contributed by atoms with Crippen molar-refractivity contribution in [2.75, 3.05) is 36.8 Å². The highest BCUT2D eigenvalue weighted by atomic mass is 16.3. The summed E-state index contributed by atoms with van der Waals surface area (Å²) in [6, 6.07) is 11.4. The fourth-order valence-corrected chi connectivity index (χ4v) is 3.22. The van der Waals surface area contributed by atoms with Gasteiger partial charge < -0.3 is 15.7 Å². The van der Waals surface area contributed by atoms with Crippen molar-refractivity contribution in [1.82, 2.24) is 19.9 Å². The summed E-state index contributed by atoms with van der Waals surface area (Å²) in [7, 11) is 0. The minimum absolute atomic E-state index is 0.203. The van der Waals surface area contributed by atoms with E-state index >= 15 is 0 Å². The molecule has 0 amide bonds. The van der Waals surface area contributed by atoms with Gasteiger partial charge in [-0.15, -0.1) is 0 Å². The molecule has 3 N–H and O–H groups in total. The van der Waals surface area contributed by atoms with E-state index in [1.165, 1.54) is 6.20 Å². The number of nitrogen functional groups attached to an aromatic ring is 1. The number of hydrogen-bond acceptors (Lipinski definition) is 8. The van der Waals surface area contributed by atoms with Crippen LogP contribution in [0.15, 0.2) is 36.5 Å². The van der Waals surface area contributed by atoms with Crippen LogP contribution in [0.5, 0.6) is 5.75 Å². The van der Waals surface area contributed by atoms with Crippen molar-refractivity contribution in [3.05, 3.63) is 47.8 Å². The Bertz CT molecular complexity index is 1020. The third-order valence-electron chi connectivity index (χ3n) is 4.72. The van der Waals surface area contributed by atoms with E-state index in [9.17, 15) is 5.11 Å². The number of fused-ring (bicyclic) bond motifs is 1. The highest BCUT2D eigenvalue weighted by Crippen LogP contribution is 2.23. The van der Waals surface area contributed by atoms with Gasteiger partial charge in [0.1, 0.15) is 28.7 Å². The lowest BCUT2D eigenvalue weighted by atomic mass is 10.2. The molecule has 1 aliphatic heterocycles. The Labute approximate surface area is 156 Å². The summed E-state index contributed by atoms with van der Waals surface area (Å²) >= 11 is 0. The number of pyridine rings is 1. The van der Waals surface area contributed by atoms with Crippen molar-refractivity contribution in [2.24, 2.45) is 0 Å². The van der Waals surface area contributed by atoms with Gasteiger partial charge >= 0.3 is 0 Å². The number of phenols is 1. The first-order chi connectivity index (χ1) is 13.1. The van der Waals surface area contributed by atoms with E-state index in [2.05, 4.69) is 24.8 Å². The Hall–Kier alpha value is -3.44. The first-order valence-electron chi connectivity index (χ1n) is 8.71. The van der Waals surface area contributed by atoms with E-state index in [0.717, 1.165) is 37.3 Å². The van der Waals surface area contributed by atoms with Crippen LogP contribution in [0.3, 0.4) is 0 Å². The smallest absolute Gasteiger partial charge is 0.227 e. The van der Waals surface area contributed by atoms with Crippen LogP contribution in [0.25, 0.3) is 10.9 Å². The number of nitrogens with zero attached hydrogens (tertiary/aromatic N) is 6. The largest absolute Gasteiger partial charge is 0.506 e. The number of anilines is 2. The fraction of sp³-hybridized carbons (Fsp3) is 0.263. The molecule has 0 spiro atoms. The van der Waals surface area contributed by atoms with Crippen molar-refractivity contribution in [1.29, 1.82) is 5.26 Å². The van der Waals surface area contributed by atoms with Gasteiger partial charge in [0.05, 0.1) is 11.9 Å². The summed E-state index contributed by atoms with van der Waals surface area (Å²) in [4.78, 5) is 17.4. The summed E-state index contributed by atoms with van der Waals surface area (Å²) in [5, 5.41) is 19.9. The van der Waals surface area contributed by atoms with Crippen molar-refractivity contribution >= 4 is 22.7 Å². The predicted molar refractivity (Wildman–Crippen MR) is 102 cm³/mol. The van der Waals surface area contributed by atoms with E-state index in [-0.39, 0.29) is 11.6 Å². The fourth-order valence-electron chi connectivity index (χ4n) is 3.22. The molecule has 3 heterocycles. The summed E-state index contributed by atoms with van der Waals surface area (Å²) in [6.45, 7) is 3.93. The van der Waals surface area contributed by atoms with Gasteiger partial charge in [-0.05, 0) is 12.1 Å². The van der Waals surface area contributed by atoms with Gasteiger partial charge in [-0.1, -0.05) is 18.2 Å². The quantitative estimate of drug-likeness (QED) is 0.721. The number of aromatic nitrogens is 3. The average Bonchev–Trinajstić information content (AvgIpc) is 2.69. The predicted octanol–water partition coefficient (Wildman–Crippen LogP) is 1.51. The van der Waals surface area contributed by atoms with Crippen molar-refractivity contribution in [3.8, 4) is 11.8 Å². The van der Waals surface area contributed by atoms with E-state index in [0.29, 0.717) is 23.6 Å². The van der Waals surface area contributed by atoms with Crippen LogP contribution in [-0.2, 0) is 6.54 Å². The molecular weight excluding hydrogens is 342 g/mol. The van der Waals surface area contributed by atoms with Crippen LogP contribution in [-0.4, -0.2) is 51.1 Å². The molecule has 2 aromatic heterocycles. The van der Waals surface area contributed by atoms with Crippen LogP contribution in [0.1, 0.15) is 11.3 Å². The molecule has 136 valence electrons. The van der Waals surface area contributed by atoms with Crippen LogP contribution < -0.4 is 10.6 Å². The second-order valence-electron chi connectivity index (χ2n) is 6.50. The Morgan fingerprint density at radius 2 is 1.93 bits per heavy atom. The monoisotopic (exact) mass is 361 g/mol. The Morgan fingerprint density at radius 1 is 1.11 bits per heavy atom. The zero-order valence-corrected chi connectivity index (χ0v) is 14.7. The van der Waals surface area contributed by atoms with Gasteiger partial charge in [0.15, 0.2) is 0 Å². The molecule has 4 rings (SSSR count). The zero-order chi connectivity index (χ0) is 18.8. The lowest BCUT2D eigenvalue weighted by molar-refractivity contribution is 0.246. The standard InChI is InChI=1S/C19H19N7O/c20-10-14-11-22-19(24-18(14)21)26-8-6-25(7-9-26)12-15-5-4-13-2-1-3-16(27)17(13)23-15/h1-5,11,27H,6-9,12H2,(H2,21,22,24). The first-order valence-corrected chi connectivity index (χ1v) is 8.71. The highest BCUT2D eigenvalue weighted by molar-refractivity contribution is 5.84. The van der Waals surface area contributed by atoms with E-state index in [1.54, 1.807) is 6.07 Å². The molecule has 0 bridgehead atoms. The number of nitriles is 1. The maximum Gasteiger partial charge on any atom is 0.227 e. The van der Waals surface area contributed by atoms with E-state index < -0.39 is 0 Å². The topological polar surface area (TPSA) is 115 Å². The molecule has 8 nitrogen and oxygen atoms in total. The molecule has 1 aromatic carbocycles. The number of para-hydroxylation sites is 1. The minimum atomic E-state index is 0.203. The Morgan fingerprint density at radius 3 is 2.67 bits per heavy atom. The third-order valence-corrected chi connectivity index (χ3v) is 4.72. The molecule has 0 saturated carbocycles. The van der Waals surface area contributed by atoms with Crippen molar-refractivity contribution in [3.63, 3.8) is 0 Å². The van der Waals surface area contributed by atoms with Gasteiger partial charge in [-0.2, -0.15) is 10.2 Å². The van der Waals surface area contributed by atoms with Gasteiger partial charge in [0.2, 0.25) is 5.95 Å². The first kappa shape index (κ1) is 17.0. The second-order valence-corrected chi connectivity index (χ2v) is 6.50. The van der Waals surface area contributed by atoms with Crippen LogP contribution in [0, 0.1) is 11.3 Å². The molecule has 27 heavy (non-hydrogen) atoms. The summed E-state index contributed by atoms with van der Waals surface area (Å²) in [5.41, 5.74) is 7.64. The molecule has 1 saturated heterocycles. The maximum atomic E-state index is 10.00. The Balaban J connectivity index is 1.42. The number of piperazine rings is 1. The number of hydrogen-bond donors (Lipinski definition) is 2. The molecule has 0 atom stereocenters. The van der Waals surface area contributed by atoms with Gasteiger partial charge in [-0.25, -0.2) is 9.97 Å². The molecule has 3 aromatic rings. The highest BCUT2D eigenvalue weighted by Gasteiger charge is 2.20. The second kappa shape index (κ2) is 7.05. The van der Waals surface area contributed by atoms with E-state index in [1.807, 2.05) is 30.3 Å². The number of benzene rings is 1. The summed E-state index contributed by atoms with van der Waals surface area (Å²) in [6.07, 6.45) is 1.47. The number of rotatable bonds is 3. The van der Waals surface area contributed by atoms with Crippen molar-refractivity contribution < 1.29 is 5.11 Å². The van der Waals surface area contributed by atoms with Crippen LogP contribution in [0.2, 0.25) is 0 Å². The SMILES string of the molecule is N#Cc1cnc(N2CCN(Cc3ccc4cccc(O)c4n3)CC2)nc1N. The molecule has 1 aliphatic rings. The number of phenolic OH excluding ortho intramolecular Hbond substituents is 1. The maximum absolute atomic E-state index is 10.00. The van der Waals surface area contributed by atoms with Gasteiger partial charge in [-0.3, -0.25) is 4.90 Å². The summed E-state index contributed by atoms with van der Waals surface area (Å²) in [5.74, 6) is 0.972. The van der Waals surface area contributed by atoms with Gasteiger partial charge in [0, 0.05) is 38.1 Å². The van der Waals surface area contributed by atoms with Gasteiger partial charge in [0.25, 0.3) is 0 Å². The molecule has 0 radical (unpaired) electrons. The number of nitrogens with two attached hydrogens (primary N) is 1. The van der Waals surface area contributed by atoms with Crippen LogP contribution >= 0.6 is 0 Å². The molecule has 1 fully saturated rings. The normalized spacial score (nSPS) is 15.0. The lowest BCUT2D eigenvalue weighted by Gasteiger charge is -2.34. The Kier molecular flexibility index (Phi) is 4.44. The third kappa shape index (κ3) is 3.45. The lowest BCUT2D eigenvalue weighted by Crippen LogP contribution is -2.46. The molecule has 0 aliphatic carbocycles. The van der Waals surface area contributed by atoms with Crippen molar-refractivity contribution in [2.45, 2.75) is 6.54 Å². The summed E-state index contributed by atoms with van der Waals surface area (Å²) < 4.78 is 0. The average molecular weight is 361 g/mol. The molecule has 8 heteroatoms. The zero-order valence-electron chi connectivity index (χ0n) is 14.7. The molecular formula is C19H19N7O. The number of aromatic hydroxyl groups is 1.